The van der Waals surface area contributed by atoms with E-state index in [1.54, 1.807) is 24.3 Å². The predicted octanol–water partition coefficient (Wildman–Crippen LogP) is 3.46. The number of amides is 2. The van der Waals surface area contributed by atoms with Crippen molar-refractivity contribution >= 4 is 29.1 Å². The van der Waals surface area contributed by atoms with Gasteiger partial charge < -0.3 is 4.74 Å². The van der Waals surface area contributed by atoms with Crippen LogP contribution in [0.2, 0.25) is 0 Å². The summed E-state index contributed by atoms with van der Waals surface area (Å²) < 4.78 is 5.21. The minimum atomic E-state index is -0.653. The molecule has 0 radical (unpaired) electrons. The van der Waals surface area contributed by atoms with Gasteiger partial charge in [-0.25, -0.2) is 4.98 Å². The lowest BCUT2D eigenvalue weighted by Crippen LogP contribution is -2.35. The first kappa shape index (κ1) is 18.1. The smallest absolute Gasteiger partial charge is 0.326 e. The maximum Gasteiger partial charge on any atom is 0.326 e. The molecule has 0 atom stereocenters. The molecular weight excluding hydrogens is 376 g/mol. The van der Waals surface area contributed by atoms with Gasteiger partial charge in [0.1, 0.15) is 18.2 Å². The summed E-state index contributed by atoms with van der Waals surface area (Å²) in [5.74, 6) is -1.61. The van der Waals surface area contributed by atoms with Crippen molar-refractivity contribution in [2.75, 3.05) is 6.54 Å². The van der Waals surface area contributed by atoms with E-state index in [0.717, 1.165) is 15.5 Å². The number of nitrogens with zero attached hydrogens (tertiary/aromatic N) is 2. The molecule has 2 heterocycles. The summed E-state index contributed by atoms with van der Waals surface area (Å²) in [5.41, 5.74) is 3.41. The van der Waals surface area contributed by atoms with Crippen LogP contribution in [0, 0.1) is 6.92 Å². The first-order chi connectivity index (χ1) is 13.5. The molecule has 6 nitrogen and oxygen atoms in total. The summed E-state index contributed by atoms with van der Waals surface area (Å²) in [6.07, 6.45) is 0. The van der Waals surface area contributed by atoms with Crippen molar-refractivity contribution in [3.8, 4) is 10.6 Å². The number of hydrogen-bond acceptors (Lipinski definition) is 6. The lowest BCUT2D eigenvalue weighted by molar-refractivity contribution is -0.145. The molecular formula is C21H16N2O4S. The van der Waals surface area contributed by atoms with Gasteiger partial charge in [0.05, 0.1) is 16.8 Å². The van der Waals surface area contributed by atoms with E-state index in [1.165, 1.54) is 16.9 Å². The third kappa shape index (κ3) is 3.44. The van der Waals surface area contributed by atoms with E-state index in [-0.39, 0.29) is 6.61 Å². The highest BCUT2D eigenvalue weighted by Crippen LogP contribution is 2.25. The topological polar surface area (TPSA) is 76.6 Å². The van der Waals surface area contributed by atoms with E-state index >= 15 is 0 Å². The summed E-state index contributed by atoms with van der Waals surface area (Å²) in [5, 5.41) is 2.66. The van der Waals surface area contributed by atoms with Gasteiger partial charge in [0.25, 0.3) is 11.8 Å². The van der Waals surface area contributed by atoms with Crippen LogP contribution in [0.3, 0.4) is 0 Å². The lowest BCUT2D eigenvalue weighted by atomic mass is 10.1. The molecule has 1 aliphatic heterocycles. The number of carbonyl (C=O) groups is 3. The first-order valence-electron chi connectivity index (χ1n) is 8.65. The minimum Gasteiger partial charge on any atom is -0.458 e. The zero-order valence-corrected chi connectivity index (χ0v) is 15.9. The standard InChI is InChI=1S/C21H16N2O4S/c1-13-6-8-14(9-7-13)19-22-15(12-28-19)11-27-18(24)10-23-20(25)16-4-2-3-5-17(16)21(23)26/h2-9,12H,10-11H2,1H3. The lowest BCUT2D eigenvalue weighted by Gasteiger charge is -2.12. The molecule has 0 N–H and O–H groups in total. The van der Waals surface area contributed by atoms with E-state index in [9.17, 15) is 14.4 Å². The SMILES string of the molecule is Cc1ccc(-c2nc(COC(=O)CN3C(=O)c4ccccc4C3=O)cs2)cc1. The summed E-state index contributed by atoms with van der Waals surface area (Å²) in [4.78, 5) is 42.1. The molecule has 0 fully saturated rings. The van der Waals surface area contributed by atoms with Crippen LogP contribution in [-0.4, -0.2) is 34.2 Å². The number of benzene rings is 2. The molecule has 2 aromatic carbocycles. The highest BCUT2D eigenvalue weighted by atomic mass is 32.1. The maximum atomic E-state index is 12.3. The summed E-state index contributed by atoms with van der Waals surface area (Å²) in [7, 11) is 0. The van der Waals surface area contributed by atoms with Crippen LogP contribution in [0.15, 0.2) is 53.9 Å². The van der Waals surface area contributed by atoms with Gasteiger partial charge in [-0.2, -0.15) is 0 Å². The Hall–Kier alpha value is -3.32. The van der Waals surface area contributed by atoms with Crippen molar-refractivity contribution in [2.45, 2.75) is 13.5 Å². The summed E-state index contributed by atoms with van der Waals surface area (Å²) >= 11 is 1.46. The molecule has 0 bridgehead atoms. The fourth-order valence-electron chi connectivity index (χ4n) is 2.91. The Morgan fingerprint density at radius 3 is 2.32 bits per heavy atom. The van der Waals surface area contributed by atoms with E-state index in [2.05, 4.69) is 4.98 Å². The molecule has 0 aliphatic carbocycles. The number of carbonyl (C=O) groups excluding carboxylic acids is 3. The number of rotatable bonds is 5. The fraction of sp³-hybridized carbons (Fsp3) is 0.143. The monoisotopic (exact) mass is 392 g/mol. The number of thiazole rings is 1. The van der Waals surface area contributed by atoms with E-state index in [4.69, 9.17) is 4.74 Å². The average molecular weight is 392 g/mol. The second-order valence-electron chi connectivity index (χ2n) is 6.41. The highest BCUT2D eigenvalue weighted by molar-refractivity contribution is 7.13. The Morgan fingerprint density at radius 1 is 1.04 bits per heavy atom. The normalized spacial score (nSPS) is 13.0. The van der Waals surface area contributed by atoms with Gasteiger partial charge in [-0.1, -0.05) is 42.0 Å². The molecule has 2 amide bonds. The van der Waals surface area contributed by atoms with Crippen molar-refractivity contribution in [2.24, 2.45) is 0 Å². The zero-order chi connectivity index (χ0) is 19.7. The van der Waals surface area contributed by atoms with Crippen LogP contribution in [0.1, 0.15) is 32.0 Å². The quantitative estimate of drug-likeness (QED) is 0.491. The number of aromatic nitrogens is 1. The molecule has 1 aromatic heterocycles. The van der Waals surface area contributed by atoms with Crippen LogP contribution in [0.4, 0.5) is 0 Å². The number of imide groups is 1. The molecule has 3 aromatic rings. The number of ether oxygens (including phenoxy) is 1. The van der Waals surface area contributed by atoms with Crippen LogP contribution < -0.4 is 0 Å². The largest absolute Gasteiger partial charge is 0.458 e. The molecule has 140 valence electrons. The molecule has 28 heavy (non-hydrogen) atoms. The molecule has 7 heteroatoms. The number of aryl methyl sites for hydroxylation is 1. The molecule has 0 saturated heterocycles. The Kier molecular flexibility index (Phi) is 4.75. The van der Waals surface area contributed by atoms with Crippen LogP contribution in [0.5, 0.6) is 0 Å². The third-order valence-corrected chi connectivity index (χ3v) is 5.34. The number of fused-ring (bicyclic) bond motifs is 1. The van der Waals surface area contributed by atoms with Crippen molar-refractivity contribution in [1.82, 2.24) is 9.88 Å². The number of hydrogen-bond donors (Lipinski definition) is 0. The Bertz CT molecular complexity index is 1040. The van der Waals surface area contributed by atoms with Gasteiger partial charge in [-0.3, -0.25) is 19.3 Å². The molecule has 0 saturated carbocycles. The average Bonchev–Trinajstić information content (AvgIpc) is 3.27. The van der Waals surface area contributed by atoms with Gasteiger partial charge in [0.15, 0.2) is 0 Å². The van der Waals surface area contributed by atoms with Crippen LogP contribution >= 0.6 is 11.3 Å². The highest BCUT2D eigenvalue weighted by Gasteiger charge is 2.36. The first-order valence-corrected chi connectivity index (χ1v) is 9.53. The minimum absolute atomic E-state index is 0.00956. The zero-order valence-electron chi connectivity index (χ0n) is 15.0. The fourth-order valence-corrected chi connectivity index (χ4v) is 3.72. The molecule has 1 aliphatic rings. The van der Waals surface area contributed by atoms with Crippen molar-refractivity contribution in [3.05, 3.63) is 76.3 Å². The number of esters is 1. The Labute approximate surface area is 165 Å². The summed E-state index contributed by atoms with van der Waals surface area (Å²) in [6.45, 7) is 1.59. The van der Waals surface area contributed by atoms with E-state index < -0.39 is 24.3 Å². The van der Waals surface area contributed by atoms with Gasteiger partial charge in [-0.15, -0.1) is 11.3 Å². The third-order valence-electron chi connectivity index (χ3n) is 4.40. The van der Waals surface area contributed by atoms with E-state index in [0.29, 0.717) is 16.8 Å². The molecule has 0 unspecified atom stereocenters. The second kappa shape index (κ2) is 7.36. The Morgan fingerprint density at radius 2 is 1.68 bits per heavy atom. The van der Waals surface area contributed by atoms with Crippen molar-refractivity contribution in [3.63, 3.8) is 0 Å². The second-order valence-corrected chi connectivity index (χ2v) is 7.27. The van der Waals surface area contributed by atoms with Crippen molar-refractivity contribution in [1.29, 1.82) is 0 Å². The molecule has 0 spiro atoms. The van der Waals surface area contributed by atoms with Crippen molar-refractivity contribution < 1.29 is 19.1 Å². The van der Waals surface area contributed by atoms with E-state index in [1.807, 2.05) is 36.6 Å². The van der Waals surface area contributed by atoms with Crippen LogP contribution in [0.25, 0.3) is 10.6 Å². The molecule has 4 rings (SSSR count). The summed E-state index contributed by atoms with van der Waals surface area (Å²) in [6, 6.07) is 14.5. The van der Waals surface area contributed by atoms with Gasteiger partial charge >= 0.3 is 5.97 Å². The van der Waals surface area contributed by atoms with Gasteiger partial charge in [0, 0.05) is 10.9 Å². The van der Waals surface area contributed by atoms with Gasteiger partial charge in [0.2, 0.25) is 0 Å². The maximum absolute atomic E-state index is 12.3. The predicted molar refractivity (Wildman–Crippen MR) is 104 cm³/mol. The Balaban J connectivity index is 1.36. The van der Waals surface area contributed by atoms with Crippen LogP contribution in [-0.2, 0) is 16.1 Å². The van der Waals surface area contributed by atoms with Gasteiger partial charge in [-0.05, 0) is 19.1 Å².